The largest absolute Gasteiger partial charge is 0.301 e. The van der Waals surface area contributed by atoms with Crippen LogP contribution < -0.4 is 0 Å². The maximum absolute atomic E-state index is 9.19. The molecule has 0 aromatic heterocycles. The minimum atomic E-state index is 0.144. The molecule has 0 aliphatic carbocycles. The summed E-state index contributed by atoms with van der Waals surface area (Å²) in [6.07, 6.45) is 4.69. The van der Waals surface area contributed by atoms with E-state index in [4.69, 9.17) is 0 Å². The predicted octanol–water partition coefficient (Wildman–Crippen LogP) is 2.73. The molecule has 1 rings (SSSR count). The molecule has 1 saturated heterocycles. The second-order valence-electron chi connectivity index (χ2n) is 5.45. The smallest absolute Gasteiger partial charge is 0.0978 e. The first kappa shape index (κ1) is 15.5. The number of nitriles is 1. The van der Waals surface area contributed by atoms with Gasteiger partial charge < -0.3 is 4.90 Å². The molecule has 0 bridgehead atoms. The lowest BCUT2D eigenvalue weighted by Gasteiger charge is -2.38. The van der Waals surface area contributed by atoms with Gasteiger partial charge in [-0.1, -0.05) is 40.0 Å². The summed E-state index contributed by atoms with van der Waals surface area (Å²) in [5, 5.41) is 9.19. The average molecular weight is 251 g/mol. The van der Waals surface area contributed by atoms with Crippen molar-refractivity contribution in [3.63, 3.8) is 0 Å². The van der Waals surface area contributed by atoms with Gasteiger partial charge in [-0.25, -0.2) is 0 Å². The summed E-state index contributed by atoms with van der Waals surface area (Å²) in [5.41, 5.74) is 0. The summed E-state index contributed by atoms with van der Waals surface area (Å²) in [6.45, 7) is 12.4. The molecule has 0 radical (unpaired) electrons. The fourth-order valence-electron chi connectivity index (χ4n) is 2.77. The van der Waals surface area contributed by atoms with Gasteiger partial charge in [0.1, 0.15) is 0 Å². The van der Waals surface area contributed by atoms with Gasteiger partial charge in [-0.05, 0) is 12.3 Å². The quantitative estimate of drug-likeness (QED) is 0.697. The van der Waals surface area contributed by atoms with Crippen LogP contribution in [0.25, 0.3) is 0 Å². The molecule has 104 valence electrons. The molecule has 0 aromatic carbocycles. The Labute approximate surface area is 113 Å². The SMILES string of the molecule is CCCC(C#N)N1CCN(CC(CC)CC)CC1. The molecule has 1 unspecified atom stereocenters. The summed E-state index contributed by atoms with van der Waals surface area (Å²) >= 11 is 0. The third-order valence-corrected chi connectivity index (χ3v) is 4.23. The monoisotopic (exact) mass is 251 g/mol. The van der Waals surface area contributed by atoms with Crippen molar-refractivity contribution in [1.82, 2.24) is 9.80 Å². The number of hydrogen-bond donors (Lipinski definition) is 0. The van der Waals surface area contributed by atoms with E-state index in [-0.39, 0.29) is 6.04 Å². The number of nitrogens with zero attached hydrogens (tertiary/aromatic N) is 3. The molecule has 0 aromatic rings. The van der Waals surface area contributed by atoms with Gasteiger partial charge in [0.2, 0.25) is 0 Å². The van der Waals surface area contributed by atoms with E-state index >= 15 is 0 Å². The van der Waals surface area contributed by atoms with E-state index in [1.807, 2.05) is 0 Å². The van der Waals surface area contributed by atoms with Crippen LogP contribution in [0.5, 0.6) is 0 Å². The van der Waals surface area contributed by atoms with Crippen molar-refractivity contribution in [3.05, 3.63) is 0 Å². The molecular weight excluding hydrogens is 222 g/mol. The van der Waals surface area contributed by atoms with Crippen molar-refractivity contribution >= 4 is 0 Å². The van der Waals surface area contributed by atoms with E-state index in [9.17, 15) is 5.26 Å². The summed E-state index contributed by atoms with van der Waals surface area (Å²) in [7, 11) is 0. The van der Waals surface area contributed by atoms with Gasteiger partial charge in [0.15, 0.2) is 0 Å². The van der Waals surface area contributed by atoms with E-state index in [1.54, 1.807) is 0 Å². The molecule has 1 aliphatic rings. The predicted molar refractivity (Wildman–Crippen MR) is 76.4 cm³/mol. The van der Waals surface area contributed by atoms with Crippen LogP contribution in [0.4, 0.5) is 0 Å². The number of rotatable bonds is 7. The van der Waals surface area contributed by atoms with Crippen molar-refractivity contribution in [1.29, 1.82) is 5.26 Å². The fourth-order valence-corrected chi connectivity index (χ4v) is 2.77. The molecule has 0 saturated carbocycles. The molecule has 1 fully saturated rings. The normalized spacial score (nSPS) is 19.9. The van der Waals surface area contributed by atoms with Gasteiger partial charge in [0.25, 0.3) is 0 Å². The Morgan fingerprint density at radius 1 is 1.06 bits per heavy atom. The highest BCUT2D eigenvalue weighted by molar-refractivity contribution is 4.93. The van der Waals surface area contributed by atoms with Crippen LogP contribution in [-0.4, -0.2) is 48.6 Å². The van der Waals surface area contributed by atoms with Gasteiger partial charge in [-0.2, -0.15) is 5.26 Å². The zero-order valence-electron chi connectivity index (χ0n) is 12.4. The third kappa shape index (κ3) is 4.59. The van der Waals surface area contributed by atoms with Gasteiger partial charge in [-0.15, -0.1) is 0 Å². The minimum Gasteiger partial charge on any atom is -0.301 e. The Hall–Kier alpha value is -0.590. The van der Waals surface area contributed by atoms with Crippen molar-refractivity contribution in [2.45, 2.75) is 52.5 Å². The fraction of sp³-hybridized carbons (Fsp3) is 0.933. The second kappa shape index (κ2) is 8.50. The van der Waals surface area contributed by atoms with E-state index in [0.717, 1.165) is 44.9 Å². The van der Waals surface area contributed by atoms with Crippen molar-refractivity contribution in [3.8, 4) is 6.07 Å². The molecule has 18 heavy (non-hydrogen) atoms. The van der Waals surface area contributed by atoms with Crippen LogP contribution in [0.15, 0.2) is 0 Å². The third-order valence-electron chi connectivity index (χ3n) is 4.23. The van der Waals surface area contributed by atoms with Crippen molar-refractivity contribution < 1.29 is 0 Å². The summed E-state index contributed by atoms with van der Waals surface area (Å²) in [6, 6.07) is 2.60. The van der Waals surface area contributed by atoms with Gasteiger partial charge >= 0.3 is 0 Å². The Kier molecular flexibility index (Phi) is 7.31. The number of piperazine rings is 1. The second-order valence-corrected chi connectivity index (χ2v) is 5.45. The highest BCUT2D eigenvalue weighted by Gasteiger charge is 2.23. The van der Waals surface area contributed by atoms with Gasteiger partial charge in [0.05, 0.1) is 12.1 Å². The zero-order valence-corrected chi connectivity index (χ0v) is 12.4. The van der Waals surface area contributed by atoms with Crippen LogP contribution in [0, 0.1) is 17.2 Å². The van der Waals surface area contributed by atoms with Crippen LogP contribution >= 0.6 is 0 Å². The first-order valence-corrected chi connectivity index (χ1v) is 7.61. The molecule has 1 atom stereocenters. The van der Waals surface area contributed by atoms with Gasteiger partial charge in [0, 0.05) is 32.7 Å². The molecule has 0 amide bonds. The first-order valence-electron chi connectivity index (χ1n) is 7.61. The van der Waals surface area contributed by atoms with Crippen LogP contribution in [-0.2, 0) is 0 Å². The van der Waals surface area contributed by atoms with Gasteiger partial charge in [-0.3, -0.25) is 4.90 Å². The van der Waals surface area contributed by atoms with E-state index in [1.165, 1.54) is 19.4 Å². The van der Waals surface area contributed by atoms with Crippen molar-refractivity contribution in [2.24, 2.45) is 5.92 Å². The molecule has 1 heterocycles. The highest BCUT2D eigenvalue weighted by Crippen LogP contribution is 2.14. The van der Waals surface area contributed by atoms with E-state index in [0.29, 0.717) is 0 Å². The summed E-state index contributed by atoms with van der Waals surface area (Å²) in [5.74, 6) is 0.846. The lowest BCUT2D eigenvalue weighted by molar-refractivity contribution is 0.0975. The first-order chi connectivity index (χ1) is 8.74. The van der Waals surface area contributed by atoms with Crippen LogP contribution in [0.1, 0.15) is 46.5 Å². The van der Waals surface area contributed by atoms with E-state index in [2.05, 4.69) is 36.6 Å². The molecular formula is C15H29N3. The lowest BCUT2D eigenvalue weighted by atomic mass is 10.0. The Bertz CT molecular complexity index is 247. The van der Waals surface area contributed by atoms with Crippen LogP contribution in [0.2, 0.25) is 0 Å². The van der Waals surface area contributed by atoms with Crippen LogP contribution in [0.3, 0.4) is 0 Å². The maximum Gasteiger partial charge on any atom is 0.0978 e. The molecule has 3 nitrogen and oxygen atoms in total. The topological polar surface area (TPSA) is 30.3 Å². The average Bonchev–Trinajstić information content (AvgIpc) is 2.43. The molecule has 0 N–H and O–H groups in total. The maximum atomic E-state index is 9.19. The Morgan fingerprint density at radius 3 is 2.11 bits per heavy atom. The zero-order chi connectivity index (χ0) is 13.4. The highest BCUT2D eigenvalue weighted by atomic mass is 15.3. The molecule has 3 heteroatoms. The van der Waals surface area contributed by atoms with E-state index < -0.39 is 0 Å². The molecule has 1 aliphatic heterocycles. The standard InChI is InChI=1S/C15H29N3/c1-4-7-15(12-16)18-10-8-17(9-11-18)13-14(5-2)6-3/h14-15H,4-11,13H2,1-3H3. The minimum absolute atomic E-state index is 0.144. The number of hydrogen-bond acceptors (Lipinski definition) is 3. The molecule has 0 spiro atoms. The van der Waals surface area contributed by atoms with Crippen molar-refractivity contribution in [2.75, 3.05) is 32.7 Å². The lowest BCUT2D eigenvalue weighted by Crippen LogP contribution is -2.50. The Balaban J connectivity index is 2.34. The summed E-state index contributed by atoms with van der Waals surface area (Å²) in [4.78, 5) is 4.95. The Morgan fingerprint density at radius 2 is 1.67 bits per heavy atom. The summed E-state index contributed by atoms with van der Waals surface area (Å²) < 4.78 is 0.